The Labute approximate surface area is 183 Å². The number of aryl methyl sites for hydroxylation is 1. The van der Waals surface area contributed by atoms with Gasteiger partial charge in [0.25, 0.3) is 0 Å². The third-order valence-electron chi connectivity index (χ3n) is 3.47. The number of ether oxygens (including phenoxy) is 1. The zero-order valence-electron chi connectivity index (χ0n) is 14.4. The van der Waals surface area contributed by atoms with E-state index in [0.29, 0.717) is 21.1 Å². The number of benzene rings is 2. The Balaban J connectivity index is 2.23. The fourth-order valence-corrected chi connectivity index (χ4v) is 4.62. The number of anilines is 1. The van der Waals surface area contributed by atoms with Crippen molar-refractivity contribution in [3.63, 3.8) is 0 Å². The van der Waals surface area contributed by atoms with Crippen LogP contribution in [0.25, 0.3) is 0 Å². The molecule has 0 bridgehead atoms. The van der Waals surface area contributed by atoms with Gasteiger partial charge in [-0.1, -0.05) is 11.6 Å². The molecule has 2 aromatic carbocycles. The molecule has 0 unspecified atom stereocenters. The number of hydrogen-bond acceptors (Lipinski definition) is 4. The number of carbonyl (C=O) groups is 1. The molecule has 0 saturated carbocycles. The highest BCUT2D eigenvalue weighted by Crippen LogP contribution is 2.36. The molecule has 0 aliphatic rings. The minimum Gasteiger partial charge on any atom is -0.486 e. The SMILES string of the molecule is CS(=O)(=O)Nc1cc(Cl)cc(COc2c(Br)cc(CCC(=O)O)cc2Br)c1F. The maximum Gasteiger partial charge on any atom is 0.303 e. The number of rotatable bonds is 8. The summed E-state index contributed by atoms with van der Waals surface area (Å²) in [5, 5.41) is 8.93. The first kappa shape index (κ1) is 22.9. The Kier molecular flexibility index (Phi) is 7.72. The Hall–Kier alpha value is -1.36. The molecular weight excluding hydrogens is 545 g/mol. The van der Waals surface area contributed by atoms with Crippen LogP contribution in [0, 0.1) is 5.82 Å². The van der Waals surface area contributed by atoms with E-state index in [-0.39, 0.29) is 29.3 Å². The highest BCUT2D eigenvalue weighted by Gasteiger charge is 2.16. The van der Waals surface area contributed by atoms with Gasteiger partial charge in [-0.2, -0.15) is 0 Å². The number of sulfonamides is 1. The first-order valence-electron chi connectivity index (χ1n) is 7.74. The summed E-state index contributed by atoms with van der Waals surface area (Å²) in [5.41, 5.74) is 0.574. The van der Waals surface area contributed by atoms with Gasteiger partial charge in [0.05, 0.1) is 20.9 Å². The minimum absolute atomic E-state index is 0.0110. The maximum atomic E-state index is 14.6. The third kappa shape index (κ3) is 6.61. The number of aliphatic carboxylic acids is 1. The van der Waals surface area contributed by atoms with E-state index < -0.39 is 21.8 Å². The lowest BCUT2D eigenvalue weighted by Crippen LogP contribution is -2.12. The Morgan fingerprint density at radius 3 is 2.39 bits per heavy atom. The molecule has 2 rings (SSSR count). The van der Waals surface area contributed by atoms with Crippen molar-refractivity contribution in [2.75, 3.05) is 11.0 Å². The van der Waals surface area contributed by atoms with Gasteiger partial charge in [0.2, 0.25) is 10.0 Å². The van der Waals surface area contributed by atoms with Crippen molar-refractivity contribution in [3.05, 3.63) is 55.2 Å². The highest BCUT2D eigenvalue weighted by molar-refractivity contribution is 9.11. The largest absolute Gasteiger partial charge is 0.486 e. The second-order valence-corrected chi connectivity index (χ2v) is 9.77. The van der Waals surface area contributed by atoms with Crippen LogP contribution in [-0.2, 0) is 27.8 Å². The first-order valence-corrected chi connectivity index (χ1v) is 11.6. The molecule has 0 aliphatic carbocycles. The van der Waals surface area contributed by atoms with Crippen LogP contribution in [-0.4, -0.2) is 25.7 Å². The smallest absolute Gasteiger partial charge is 0.303 e. The number of halogens is 4. The van der Waals surface area contributed by atoms with Crippen LogP contribution in [0.3, 0.4) is 0 Å². The summed E-state index contributed by atoms with van der Waals surface area (Å²) in [6.07, 6.45) is 1.24. The van der Waals surface area contributed by atoms with Gasteiger partial charge in [-0.05, 0) is 68.1 Å². The summed E-state index contributed by atoms with van der Waals surface area (Å²) in [7, 11) is -3.68. The van der Waals surface area contributed by atoms with Crippen LogP contribution < -0.4 is 9.46 Å². The van der Waals surface area contributed by atoms with Crippen molar-refractivity contribution >= 4 is 65.1 Å². The normalized spacial score (nSPS) is 11.3. The van der Waals surface area contributed by atoms with Crippen molar-refractivity contribution in [2.45, 2.75) is 19.4 Å². The first-order chi connectivity index (χ1) is 13.0. The molecule has 0 aromatic heterocycles. The van der Waals surface area contributed by atoms with Crippen molar-refractivity contribution in [1.82, 2.24) is 0 Å². The Bertz CT molecular complexity index is 994. The lowest BCUT2D eigenvalue weighted by atomic mass is 10.1. The van der Waals surface area contributed by atoms with Crippen molar-refractivity contribution in [1.29, 1.82) is 0 Å². The Morgan fingerprint density at radius 1 is 1.25 bits per heavy atom. The van der Waals surface area contributed by atoms with E-state index in [0.717, 1.165) is 11.8 Å². The van der Waals surface area contributed by atoms with Gasteiger partial charge < -0.3 is 9.84 Å². The minimum atomic E-state index is -3.68. The van der Waals surface area contributed by atoms with Crippen LogP contribution in [0.15, 0.2) is 33.2 Å². The summed E-state index contributed by atoms with van der Waals surface area (Å²) in [5.74, 6) is -1.31. The predicted octanol–water partition coefficient (Wildman–Crippen LogP) is 4.97. The van der Waals surface area contributed by atoms with Gasteiger partial charge in [0.15, 0.2) is 5.82 Å². The monoisotopic (exact) mass is 557 g/mol. The van der Waals surface area contributed by atoms with E-state index in [4.69, 9.17) is 21.4 Å². The molecule has 0 atom stereocenters. The number of hydrogen-bond donors (Lipinski definition) is 2. The number of carboxylic acid groups (broad SMARTS) is 1. The molecule has 6 nitrogen and oxygen atoms in total. The number of nitrogens with one attached hydrogen (secondary N) is 1. The summed E-state index contributed by atoms with van der Waals surface area (Å²) >= 11 is 12.7. The molecule has 0 spiro atoms. The zero-order chi connectivity index (χ0) is 21.1. The van der Waals surface area contributed by atoms with Crippen LogP contribution in [0.5, 0.6) is 5.75 Å². The average molecular weight is 560 g/mol. The van der Waals surface area contributed by atoms with Crippen LogP contribution in [0.1, 0.15) is 17.5 Å². The van der Waals surface area contributed by atoms with Crippen LogP contribution in [0.2, 0.25) is 5.02 Å². The molecule has 152 valence electrons. The summed E-state index contributed by atoms with van der Waals surface area (Å²) in [4.78, 5) is 10.7. The second kappa shape index (κ2) is 9.43. The molecule has 0 saturated heterocycles. The van der Waals surface area contributed by atoms with E-state index in [1.807, 2.05) is 0 Å². The lowest BCUT2D eigenvalue weighted by Gasteiger charge is -2.14. The lowest BCUT2D eigenvalue weighted by molar-refractivity contribution is -0.136. The topological polar surface area (TPSA) is 92.7 Å². The molecule has 0 aliphatic heterocycles. The summed E-state index contributed by atoms with van der Waals surface area (Å²) in [6, 6.07) is 5.94. The summed E-state index contributed by atoms with van der Waals surface area (Å²) in [6.45, 7) is -0.212. The van der Waals surface area contributed by atoms with E-state index in [1.165, 1.54) is 12.1 Å². The van der Waals surface area contributed by atoms with E-state index in [2.05, 4.69) is 36.6 Å². The molecule has 0 fully saturated rings. The van der Waals surface area contributed by atoms with Crippen molar-refractivity contribution < 1.29 is 27.4 Å². The molecule has 0 heterocycles. The van der Waals surface area contributed by atoms with Gasteiger partial charge in [-0.25, -0.2) is 12.8 Å². The molecule has 2 N–H and O–H groups in total. The molecule has 0 amide bonds. The van der Waals surface area contributed by atoms with Crippen molar-refractivity contribution in [3.8, 4) is 5.75 Å². The summed E-state index contributed by atoms with van der Waals surface area (Å²) < 4.78 is 46.2. The highest BCUT2D eigenvalue weighted by atomic mass is 79.9. The van der Waals surface area contributed by atoms with Gasteiger partial charge in [-0.15, -0.1) is 0 Å². The molecule has 0 radical (unpaired) electrons. The molecule has 11 heteroatoms. The van der Waals surface area contributed by atoms with Gasteiger partial charge in [0.1, 0.15) is 12.4 Å². The predicted molar refractivity (Wildman–Crippen MR) is 112 cm³/mol. The molecule has 2 aromatic rings. The Morgan fingerprint density at radius 2 is 1.86 bits per heavy atom. The van der Waals surface area contributed by atoms with Crippen LogP contribution in [0.4, 0.5) is 10.1 Å². The average Bonchev–Trinajstić information content (AvgIpc) is 2.54. The van der Waals surface area contributed by atoms with E-state index in [1.54, 1.807) is 12.1 Å². The van der Waals surface area contributed by atoms with Crippen molar-refractivity contribution in [2.24, 2.45) is 0 Å². The fourth-order valence-electron chi connectivity index (χ4n) is 2.32. The van der Waals surface area contributed by atoms with E-state index >= 15 is 0 Å². The molecule has 28 heavy (non-hydrogen) atoms. The van der Waals surface area contributed by atoms with Gasteiger partial charge in [0, 0.05) is 17.0 Å². The van der Waals surface area contributed by atoms with Gasteiger partial charge >= 0.3 is 5.97 Å². The third-order valence-corrected chi connectivity index (χ3v) is 5.45. The molecular formula is C17H15Br2ClFNO5S. The quantitative estimate of drug-likeness (QED) is 0.477. The maximum absolute atomic E-state index is 14.6. The standard InChI is InChI=1S/C17H15Br2ClFNO5S/c1-28(25,26)22-14-7-11(20)6-10(16(14)21)8-27-17-12(18)4-9(5-13(17)19)2-3-15(23)24/h4-7,22H,2-3,8H2,1H3,(H,23,24). The van der Waals surface area contributed by atoms with Gasteiger partial charge in [-0.3, -0.25) is 9.52 Å². The van der Waals surface area contributed by atoms with Crippen LogP contribution >= 0.6 is 43.5 Å². The second-order valence-electron chi connectivity index (χ2n) is 5.87. The van der Waals surface area contributed by atoms with E-state index in [9.17, 15) is 17.6 Å². The fraction of sp³-hybridized carbons (Fsp3) is 0.235. The number of carboxylic acids is 1. The zero-order valence-corrected chi connectivity index (χ0v) is 19.2.